The second-order valence-electron chi connectivity index (χ2n) is 9.16. The van der Waals surface area contributed by atoms with Gasteiger partial charge in [-0.05, 0) is 68.5 Å². The number of hydrogen-bond donors (Lipinski definition) is 1. The number of anilines is 2. The lowest BCUT2D eigenvalue weighted by Gasteiger charge is -2.32. The Morgan fingerprint density at radius 3 is 2.68 bits per heavy atom. The third kappa shape index (κ3) is 4.30. The fourth-order valence-electron chi connectivity index (χ4n) is 4.70. The number of ether oxygens (including phenoxy) is 1. The number of fused-ring (bicyclic) bond motifs is 1. The van der Waals surface area contributed by atoms with E-state index in [0.29, 0.717) is 12.4 Å². The van der Waals surface area contributed by atoms with Gasteiger partial charge >= 0.3 is 6.03 Å². The summed E-state index contributed by atoms with van der Waals surface area (Å²) in [7, 11) is 1.67. The number of likely N-dealkylation sites (tertiary alicyclic amines) is 1. The summed E-state index contributed by atoms with van der Waals surface area (Å²) in [5, 5.41) is 11.7. The molecule has 0 unspecified atom stereocenters. The molecule has 1 saturated heterocycles. The Kier molecular flexibility index (Phi) is 6.08. The number of carbonyl (C=O) groups excluding carboxylic acids is 1. The van der Waals surface area contributed by atoms with E-state index in [1.165, 1.54) is 5.56 Å². The van der Waals surface area contributed by atoms with E-state index in [4.69, 9.17) is 9.72 Å². The van der Waals surface area contributed by atoms with Crippen LogP contribution >= 0.6 is 0 Å². The highest BCUT2D eigenvalue weighted by Gasteiger charge is 2.27. The predicted molar refractivity (Wildman–Crippen MR) is 130 cm³/mol. The van der Waals surface area contributed by atoms with Gasteiger partial charge in [0.1, 0.15) is 23.6 Å². The number of urea groups is 1. The molecule has 4 heterocycles. The van der Waals surface area contributed by atoms with Crippen molar-refractivity contribution >= 4 is 17.5 Å². The summed E-state index contributed by atoms with van der Waals surface area (Å²) in [5.74, 6) is 2.18. The molecule has 9 nitrogen and oxygen atoms in total. The van der Waals surface area contributed by atoms with Crippen molar-refractivity contribution < 1.29 is 9.53 Å². The maximum absolute atomic E-state index is 12.9. The molecule has 0 radical (unpaired) electrons. The standard InChI is InChI=1S/C25H31N7O2/c1-17(2)32-16-26-29-24(32)20-7-6-8-23(27-20)28-21-13-19-15-31(25(33)30-10-4-5-11-30)12-9-18(19)14-22(21)34-3/h6-8,13-14,16-17H,4-5,9-12,15H2,1-3H3,(H,27,28). The largest absolute Gasteiger partial charge is 0.495 e. The number of carbonyl (C=O) groups is 1. The second kappa shape index (κ2) is 9.32. The van der Waals surface area contributed by atoms with Gasteiger partial charge in [0.2, 0.25) is 0 Å². The molecule has 34 heavy (non-hydrogen) atoms. The van der Waals surface area contributed by atoms with Gasteiger partial charge in [-0.1, -0.05) is 6.07 Å². The van der Waals surface area contributed by atoms with Crippen LogP contribution in [-0.4, -0.2) is 62.3 Å². The molecule has 0 spiro atoms. The predicted octanol–water partition coefficient (Wildman–Crippen LogP) is 4.25. The first kappa shape index (κ1) is 22.2. The van der Waals surface area contributed by atoms with Crippen LogP contribution in [0.15, 0.2) is 36.7 Å². The Morgan fingerprint density at radius 2 is 1.91 bits per heavy atom. The summed E-state index contributed by atoms with van der Waals surface area (Å²) >= 11 is 0. The number of amides is 2. The van der Waals surface area contributed by atoms with Gasteiger partial charge in [0, 0.05) is 32.2 Å². The maximum Gasteiger partial charge on any atom is 0.320 e. The Labute approximate surface area is 199 Å². The molecule has 2 aliphatic rings. The summed E-state index contributed by atoms with van der Waals surface area (Å²) < 4.78 is 7.68. The van der Waals surface area contributed by atoms with E-state index in [9.17, 15) is 4.79 Å². The monoisotopic (exact) mass is 461 g/mol. The van der Waals surface area contributed by atoms with Gasteiger partial charge in [0.05, 0.1) is 12.8 Å². The minimum atomic E-state index is 0.150. The van der Waals surface area contributed by atoms with Gasteiger partial charge in [-0.25, -0.2) is 9.78 Å². The number of methoxy groups -OCH3 is 1. The molecule has 0 bridgehead atoms. The van der Waals surface area contributed by atoms with Crippen LogP contribution in [0.3, 0.4) is 0 Å². The molecular weight excluding hydrogens is 430 g/mol. The molecular formula is C25H31N7O2. The third-order valence-electron chi connectivity index (χ3n) is 6.55. The molecule has 1 fully saturated rings. The summed E-state index contributed by atoms with van der Waals surface area (Å²) in [6, 6.07) is 10.3. The van der Waals surface area contributed by atoms with E-state index in [0.717, 1.165) is 67.4 Å². The average Bonchev–Trinajstić information content (AvgIpc) is 3.56. The van der Waals surface area contributed by atoms with E-state index in [1.54, 1.807) is 13.4 Å². The first-order chi connectivity index (χ1) is 16.5. The quantitative estimate of drug-likeness (QED) is 0.611. The number of pyridine rings is 1. The van der Waals surface area contributed by atoms with Crippen LogP contribution in [0.4, 0.5) is 16.3 Å². The van der Waals surface area contributed by atoms with Crippen LogP contribution in [0, 0.1) is 0 Å². The zero-order valence-corrected chi connectivity index (χ0v) is 20.0. The molecule has 9 heteroatoms. The highest BCUT2D eigenvalue weighted by atomic mass is 16.5. The van der Waals surface area contributed by atoms with Crippen LogP contribution in [0.1, 0.15) is 43.9 Å². The van der Waals surface area contributed by atoms with Gasteiger partial charge < -0.3 is 24.4 Å². The molecule has 0 atom stereocenters. The zero-order valence-electron chi connectivity index (χ0n) is 20.0. The number of rotatable bonds is 5. The Bertz CT molecular complexity index is 1180. The van der Waals surface area contributed by atoms with Crippen LogP contribution in [0.2, 0.25) is 0 Å². The molecule has 3 aromatic rings. The maximum atomic E-state index is 12.9. The summed E-state index contributed by atoms with van der Waals surface area (Å²) in [6.07, 6.45) is 4.75. The van der Waals surface area contributed by atoms with Crippen molar-refractivity contribution in [3.8, 4) is 17.3 Å². The van der Waals surface area contributed by atoms with E-state index >= 15 is 0 Å². The van der Waals surface area contributed by atoms with Crippen LogP contribution in [0.25, 0.3) is 11.5 Å². The average molecular weight is 462 g/mol. The van der Waals surface area contributed by atoms with Crippen molar-refractivity contribution in [1.29, 1.82) is 0 Å². The van der Waals surface area contributed by atoms with Crippen molar-refractivity contribution in [1.82, 2.24) is 29.5 Å². The summed E-state index contributed by atoms with van der Waals surface area (Å²) in [4.78, 5) is 21.6. The molecule has 0 aliphatic carbocycles. The van der Waals surface area contributed by atoms with Gasteiger partial charge in [0.15, 0.2) is 5.82 Å². The van der Waals surface area contributed by atoms with Crippen LogP contribution in [-0.2, 0) is 13.0 Å². The van der Waals surface area contributed by atoms with Crippen LogP contribution in [0.5, 0.6) is 5.75 Å². The van der Waals surface area contributed by atoms with Gasteiger partial charge in [-0.3, -0.25) is 0 Å². The fraction of sp³-hybridized carbons (Fsp3) is 0.440. The first-order valence-corrected chi connectivity index (χ1v) is 11.9. The van der Waals surface area contributed by atoms with E-state index in [-0.39, 0.29) is 12.1 Å². The van der Waals surface area contributed by atoms with Gasteiger partial charge in [0.25, 0.3) is 0 Å². The van der Waals surface area contributed by atoms with Crippen LogP contribution < -0.4 is 10.1 Å². The Hall–Kier alpha value is -3.62. The molecule has 2 amide bonds. The minimum absolute atomic E-state index is 0.150. The van der Waals surface area contributed by atoms with E-state index < -0.39 is 0 Å². The van der Waals surface area contributed by atoms with E-state index in [2.05, 4.69) is 41.5 Å². The molecule has 2 aliphatic heterocycles. The van der Waals surface area contributed by atoms with Gasteiger partial charge in [-0.2, -0.15) is 0 Å². The van der Waals surface area contributed by atoms with Crippen molar-refractivity contribution in [3.63, 3.8) is 0 Å². The van der Waals surface area contributed by atoms with E-state index in [1.807, 2.05) is 32.6 Å². The zero-order chi connectivity index (χ0) is 23.7. The number of benzene rings is 1. The lowest BCUT2D eigenvalue weighted by atomic mass is 9.98. The molecule has 5 rings (SSSR count). The molecule has 1 aromatic carbocycles. The second-order valence-corrected chi connectivity index (χ2v) is 9.16. The van der Waals surface area contributed by atoms with Crippen molar-refractivity contribution in [2.45, 2.75) is 45.7 Å². The van der Waals surface area contributed by atoms with Crippen molar-refractivity contribution in [2.24, 2.45) is 0 Å². The molecule has 0 saturated carbocycles. The number of nitrogens with one attached hydrogen (secondary N) is 1. The smallest absolute Gasteiger partial charge is 0.320 e. The number of hydrogen-bond acceptors (Lipinski definition) is 6. The van der Waals surface area contributed by atoms with Gasteiger partial charge in [-0.15, -0.1) is 10.2 Å². The minimum Gasteiger partial charge on any atom is -0.495 e. The normalized spacial score (nSPS) is 15.5. The first-order valence-electron chi connectivity index (χ1n) is 11.9. The topological polar surface area (TPSA) is 88.4 Å². The summed E-state index contributed by atoms with van der Waals surface area (Å²) in [6.45, 7) is 7.25. The SMILES string of the molecule is COc1cc2c(cc1Nc1cccc(-c3nncn3C(C)C)n1)CN(C(=O)N1CCCC1)CC2. The number of nitrogens with zero attached hydrogens (tertiary/aromatic N) is 6. The fourth-order valence-corrected chi connectivity index (χ4v) is 4.70. The highest BCUT2D eigenvalue weighted by Crippen LogP contribution is 2.34. The molecule has 1 N–H and O–H groups in total. The lowest BCUT2D eigenvalue weighted by molar-refractivity contribution is 0.157. The van der Waals surface area contributed by atoms with Crippen molar-refractivity contribution in [3.05, 3.63) is 47.8 Å². The summed E-state index contributed by atoms with van der Waals surface area (Å²) in [5.41, 5.74) is 3.93. The Morgan fingerprint density at radius 1 is 1.09 bits per heavy atom. The number of aromatic nitrogens is 4. The molecule has 2 aromatic heterocycles. The highest BCUT2D eigenvalue weighted by molar-refractivity contribution is 5.76. The lowest BCUT2D eigenvalue weighted by Crippen LogP contribution is -2.44. The molecule has 178 valence electrons. The van der Waals surface area contributed by atoms with Crippen molar-refractivity contribution in [2.75, 3.05) is 32.1 Å². The Balaban J connectivity index is 1.40. The third-order valence-corrected chi connectivity index (χ3v) is 6.55.